The number of nitrogens with zero attached hydrogens (tertiary/aromatic N) is 2. The second kappa shape index (κ2) is 8.67. The number of ether oxygens (including phenoxy) is 2. The molecule has 2 heterocycles. The molecule has 32 heavy (non-hydrogen) atoms. The van der Waals surface area contributed by atoms with Crippen LogP contribution in [-0.4, -0.2) is 62.2 Å². The highest BCUT2D eigenvalue weighted by molar-refractivity contribution is 6.46. The molecule has 7 nitrogen and oxygen atoms in total. The van der Waals surface area contributed by atoms with Crippen molar-refractivity contribution < 1.29 is 24.2 Å². The number of methoxy groups -OCH3 is 1. The van der Waals surface area contributed by atoms with Gasteiger partial charge < -0.3 is 24.4 Å². The summed E-state index contributed by atoms with van der Waals surface area (Å²) in [5.74, 6) is -0.716. The van der Waals surface area contributed by atoms with Gasteiger partial charge in [-0.2, -0.15) is 0 Å². The molecule has 7 heteroatoms. The molecule has 1 N–H and O–H groups in total. The SMILES string of the molecule is COCCN1C(=O)C(=O)/C(=C(/O)c2ccc3c(c2)C[C@H](C)O3)[C@H]1c1ccc(N(C)C)cc1. The third-order valence-corrected chi connectivity index (χ3v) is 5.97. The van der Waals surface area contributed by atoms with Gasteiger partial charge in [-0.3, -0.25) is 9.59 Å². The summed E-state index contributed by atoms with van der Waals surface area (Å²) in [6, 6.07) is 12.3. The molecule has 1 amide bonds. The minimum absolute atomic E-state index is 0.0669. The molecular formula is C25H28N2O5. The lowest BCUT2D eigenvalue weighted by molar-refractivity contribution is -0.140. The van der Waals surface area contributed by atoms with E-state index in [9.17, 15) is 14.7 Å². The highest BCUT2D eigenvalue weighted by atomic mass is 16.5. The van der Waals surface area contributed by atoms with Crippen LogP contribution in [0.4, 0.5) is 5.69 Å². The Morgan fingerprint density at radius 1 is 1.19 bits per heavy atom. The number of benzene rings is 2. The van der Waals surface area contributed by atoms with Crippen molar-refractivity contribution in [1.82, 2.24) is 4.90 Å². The smallest absolute Gasteiger partial charge is 0.295 e. The highest BCUT2D eigenvalue weighted by Crippen LogP contribution is 2.40. The minimum Gasteiger partial charge on any atom is -0.507 e. The van der Waals surface area contributed by atoms with Crippen molar-refractivity contribution >= 4 is 23.1 Å². The van der Waals surface area contributed by atoms with E-state index in [0.29, 0.717) is 5.56 Å². The van der Waals surface area contributed by atoms with E-state index in [1.54, 1.807) is 19.2 Å². The largest absolute Gasteiger partial charge is 0.507 e. The molecule has 168 valence electrons. The predicted molar refractivity (Wildman–Crippen MR) is 122 cm³/mol. The molecule has 0 bridgehead atoms. The van der Waals surface area contributed by atoms with Gasteiger partial charge in [0.1, 0.15) is 17.6 Å². The van der Waals surface area contributed by atoms with Gasteiger partial charge in [0.05, 0.1) is 18.2 Å². The third kappa shape index (κ3) is 3.84. The molecule has 0 aromatic heterocycles. The Kier molecular flexibility index (Phi) is 5.93. The zero-order valence-corrected chi connectivity index (χ0v) is 18.8. The number of fused-ring (bicyclic) bond motifs is 1. The maximum Gasteiger partial charge on any atom is 0.295 e. The van der Waals surface area contributed by atoms with E-state index in [0.717, 1.165) is 29.0 Å². The van der Waals surface area contributed by atoms with E-state index < -0.39 is 17.7 Å². The number of ketones is 1. The number of anilines is 1. The first kappa shape index (κ1) is 21.9. The van der Waals surface area contributed by atoms with Crippen LogP contribution in [0, 0.1) is 0 Å². The van der Waals surface area contributed by atoms with Crippen LogP contribution in [-0.2, 0) is 20.7 Å². The monoisotopic (exact) mass is 436 g/mol. The summed E-state index contributed by atoms with van der Waals surface area (Å²) in [4.78, 5) is 29.4. The normalized spacial score (nSPS) is 21.6. The van der Waals surface area contributed by atoms with Crippen LogP contribution in [0.25, 0.3) is 5.76 Å². The molecule has 0 unspecified atom stereocenters. The number of amides is 1. The van der Waals surface area contributed by atoms with Gasteiger partial charge in [-0.25, -0.2) is 0 Å². The molecule has 4 rings (SSSR count). The van der Waals surface area contributed by atoms with Crippen molar-refractivity contribution in [3.63, 3.8) is 0 Å². The van der Waals surface area contributed by atoms with Gasteiger partial charge in [0.15, 0.2) is 0 Å². The Morgan fingerprint density at radius 3 is 2.56 bits per heavy atom. The molecule has 1 fully saturated rings. The first-order chi connectivity index (χ1) is 15.3. The van der Waals surface area contributed by atoms with E-state index in [2.05, 4.69) is 0 Å². The van der Waals surface area contributed by atoms with Crippen LogP contribution < -0.4 is 9.64 Å². The third-order valence-electron chi connectivity index (χ3n) is 5.97. The van der Waals surface area contributed by atoms with Gasteiger partial charge in [0.2, 0.25) is 0 Å². The number of aliphatic hydroxyl groups is 1. The predicted octanol–water partition coefficient (Wildman–Crippen LogP) is 3.14. The number of rotatable bonds is 6. The lowest BCUT2D eigenvalue weighted by atomic mass is 9.94. The van der Waals surface area contributed by atoms with Gasteiger partial charge in [-0.05, 0) is 48.4 Å². The Balaban J connectivity index is 1.81. The summed E-state index contributed by atoms with van der Waals surface area (Å²) in [6.07, 6.45) is 0.797. The molecule has 0 spiro atoms. The quantitative estimate of drug-likeness (QED) is 0.426. The first-order valence-electron chi connectivity index (χ1n) is 10.7. The maximum atomic E-state index is 13.1. The van der Waals surface area contributed by atoms with Gasteiger partial charge in [0.25, 0.3) is 11.7 Å². The first-order valence-corrected chi connectivity index (χ1v) is 10.7. The number of hydrogen-bond acceptors (Lipinski definition) is 6. The van der Waals surface area contributed by atoms with Crippen LogP contribution in [0.2, 0.25) is 0 Å². The topological polar surface area (TPSA) is 79.3 Å². The second-order valence-corrected chi connectivity index (χ2v) is 8.43. The zero-order valence-electron chi connectivity index (χ0n) is 18.8. The molecule has 2 aromatic rings. The summed E-state index contributed by atoms with van der Waals surface area (Å²) in [5.41, 5.74) is 3.32. The average Bonchev–Trinajstić information content (AvgIpc) is 3.27. The van der Waals surface area contributed by atoms with E-state index in [1.165, 1.54) is 4.90 Å². The summed E-state index contributed by atoms with van der Waals surface area (Å²) in [5, 5.41) is 11.2. The van der Waals surface area contributed by atoms with Crippen molar-refractivity contribution in [1.29, 1.82) is 0 Å². The summed E-state index contributed by atoms with van der Waals surface area (Å²) < 4.78 is 10.9. The minimum atomic E-state index is -0.690. The molecule has 1 saturated heterocycles. The van der Waals surface area contributed by atoms with Crippen molar-refractivity contribution in [3.8, 4) is 5.75 Å². The molecule has 2 atom stereocenters. The molecule has 2 aromatic carbocycles. The van der Waals surface area contributed by atoms with Crippen molar-refractivity contribution in [2.45, 2.75) is 25.5 Å². The van der Waals surface area contributed by atoms with E-state index in [-0.39, 0.29) is 30.6 Å². The molecule has 0 radical (unpaired) electrons. The number of carbonyl (C=O) groups is 2. The number of Topliss-reactive ketones (excluding diaryl/α,β-unsaturated/α-hetero) is 1. The van der Waals surface area contributed by atoms with E-state index >= 15 is 0 Å². The van der Waals surface area contributed by atoms with Gasteiger partial charge in [-0.1, -0.05) is 12.1 Å². The van der Waals surface area contributed by atoms with Gasteiger partial charge in [0, 0.05) is 45.4 Å². The van der Waals surface area contributed by atoms with Crippen molar-refractivity contribution in [3.05, 3.63) is 64.7 Å². The molecule has 2 aliphatic heterocycles. The molecular weight excluding hydrogens is 408 g/mol. The van der Waals surface area contributed by atoms with Crippen LogP contribution in [0.15, 0.2) is 48.0 Å². The summed E-state index contributed by atoms with van der Waals surface area (Å²) in [7, 11) is 5.43. The second-order valence-electron chi connectivity index (χ2n) is 8.43. The number of carbonyl (C=O) groups excluding carboxylic acids is 2. The van der Waals surface area contributed by atoms with Crippen LogP contribution in [0.3, 0.4) is 0 Å². The highest BCUT2D eigenvalue weighted by Gasteiger charge is 2.46. The van der Waals surface area contributed by atoms with Crippen LogP contribution in [0.1, 0.15) is 29.7 Å². The summed E-state index contributed by atoms with van der Waals surface area (Å²) >= 11 is 0. The number of aliphatic hydroxyl groups excluding tert-OH is 1. The zero-order chi connectivity index (χ0) is 23.0. The Morgan fingerprint density at radius 2 is 1.91 bits per heavy atom. The van der Waals surface area contributed by atoms with Crippen LogP contribution >= 0.6 is 0 Å². The molecule has 0 aliphatic carbocycles. The average molecular weight is 437 g/mol. The number of likely N-dealkylation sites (tertiary alicyclic amines) is 1. The Hall–Kier alpha value is -3.32. The Bertz CT molecular complexity index is 1070. The van der Waals surface area contributed by atoms with E-state index in [4.69, 9.17) is 9.47 Å². The maximum absolute atomic E-state index is 13.1. The fourth-order valence-corrected chi connectivity index (χ4v) is 4.33. The fourth-order valence-electron chi connectivity index (χ4n) is 4.33. The fraction of sp³-hybridized carbons (Fsp3) is 0.360. The standard InChI is InChI=1S/C25H28N2O5/c1-15-13-18-14-17(7-10-20(18)32-15)23(28)21-22(16-5-8-19(9-6-16)26(2)3)27(11-12-31-4)25(30)24(21)29/h5-10,14-15,22,28H,11-13H2,1-4H3/b23-21+/t15-,22+/m0/s1. The van der Waals surface area contributed by atoms with E-state index in [1.807, 2.05) is 56.3 Å². The van der Waals surface area contributed by atoms with Crippen molar-refractivity contribution in [2.75, 3.05) is 39.3 Å². The number of hydrogen-bond donors (Lipinski definition) is 1. The lowest BCUT2D eigenvalue weighted by Gasteiger charge is -2.25. The Labute approximate surface area is 187 Å². The van der Waals surface area contributed by atoms with Gasteiger partial charge in [-0.15, -0.1) is 0 Å². The summed E-state index contributed by atoms with van der Waals surface area (Å²) in [6.45, 7) is 2.51. The lowest BCUT2D eigenvalue weighted by Crippen LogP contribution is -2.32. The van der Waals surface area contributed by atoms with Crippen molar-refractivity contribution in [2.24, 2.45) is 0 Å². The molecule has 2 aliphatic rings. The molecule has 0 saturated carbocycles. The van der Waals surface area contributed by atoms with Gasteiger partial charge >= 0.3 is 0 Å². The van der Waals surface area contributed by atoms with Crippen LogP contribution in [0.5, 0.6) is 5.75 Å².